The third-order valence-electron chi connectivity index (χ3n) is 6.50. The van der Waals surface area contributed by atoms with Crippen LogP contribution in [-0.4, -0.2) is 27.8 Å². The third kappa shape index (κ3) is 3.37. The monoisotopic (exact) mass is 366 g/mol. The first-order chi connectivity index (χ1) is 12.9. The van der Waals surface area contributed by atoms with E-state index in [9.17, 15) is 10.2 Å². The maximum atomic E-state index is 11.7. The van der Waals surface area contributed by atoms with Crippen LogP contribution in [0.2, 0.25) is 0 Å². The van der Waals surface area contributed by atoms with E-state index >= 15 is 0 Å². The molecule has 2 aliphatic rings. The second-order valence-electron chi connectivity index (χ2n) is 8.65. The zero-order chi connectivity index (χ0) is 19.1. The molecule has 1 aliphatic heterocycles. The molecule has 27 heavy (non-hydrogen) atoms. The average molecular weight is 367 g/mol. The van der Waals surface area contributed by atoms with Gasteiger partial charge in [0.2, 0.25) is 0 Å². The van der Waals surface area contributed by atoms with Gasteiger partial charge in [0.1, 0.15) is 5.82 Å². The number of fused-ring (bicyclic) bond motifs is 1. The second-order valence-corrected chi connectivity index (χ2v) is 8.65. The summed E-state index contributed by atoms with van der Waals surface area (Å²) in [6, 6.07) is 14.3. The highest BCUT2D eigenvalue weighted by atomic mass is 16.3. The van der Waals surface area contributed by atoms with E-state index in [2.05, 4.69) is 22.0 Å². The molecule has 0 spiro atoms. The van der Waals surface area contributed by atoms with Crippen molar-refractivity contribution in [2.45, 2.75) is 63.2 Å². The number of benzene rings is 1. The van der Waals surface area contributed by atoms with Crippen molar-refractivity contribution in [2.24, 2.45) is 5.92 Å². The molecule has 4 nitrogen and oxygen atoms in total. The van der Waals surface area contributed by atoms with Gasteiger partial charge in [0.15, 0.2) is 0 Å². The summed E-state index contributed by atoms with van der Waals surface area (Å²) in [5, 5.41) is 22.1. The molecule has 0 amide bonds. The van der Waals surface area contributed by atoms with Crippen LogP contribution in [0.3, 0.4) is 0 Å². The Morgan fingerprint density at radius 3 is 2.59 bits per heavy atom. The van der Waals surface area contributed by atoms with Crippen LogP contribution < -0.4 is 4.90 Å². The Balaban J connectivity index is 1.68. The number of anilines is 1. The van der Waals surface area contributed by atoms with Gasteiger partial charge in [-0.3, -0.25) is 0 Å². The number of aliphatic hydroxyl groups is 2. The first kappa shape index (κ1) is 18.5. The smallest absolute Gasteiger partial charge is 0.129 e. The molecule has 1 unspecified atom stereocenters. The van der Waals surface area contributed by atoms with Crippen LogP contribution in [0.15, 0.2) is 48.7 Å². The maximum absolute atomic E-state index is 11.7. The van der Waals surface area contributed by atoms with Crippen molar-refractivity contribution in [3.63, 3.8) is 0 Å². The van der Waals surface area contributed by atoms with Crippen molar-refractivity contribution in [1.29, 1.82) is 0 Å². The lowest BCUT2D eigenvalue weighted by molar-refractivity contribution is -0.0690. The summed E-state index contributed by atoms with van der Waals surface area (Å²) in [5.74, 6) is 1.12. The van der Waals surface area contributed by atoms with Gasteiger partial charge in [0.05, 0.1) is 11.2 Å². The van der Waals surface area contributed by atoms with Gasteiger partial charge in [0.25, 0.3) is 0 Å². The van der Waals surface area contributed by atoms with E-state index in [-0.39, 0.29) is 12.0 Å². The Hall–Kier alpha value is -1.91. The fraction of sp³-hybridized carbons (Fsp3) is 0.522. The van der Waals surface area contributed by atoms with Gasteiger partial charge >= 0.3 is 0 Å². The van der Waals surface area contributed by atoms with Gasteiger partial charge in [-0.15, -0.1) is 0 Å². The summed E-state index contributed by atoms with van der Waals surface area (Å²) in [6.07, 6.45) is 6.96. The van der Waals surface area contributed by atoms with Gasteiger partial charge < -0.3 is 15.1 Å². The highest BCUT2D eigenvalue weighted by Crippen LogP contribution is 2.47. The minimum Gasteiger partial charge on any atom is -0.386 e. The SMILES string of the molecule is CC(C)(O)c1ccnc(N2CCC(O)(c3ccccc3)[C@H]3CCCC[C@H]32)c1. The van der Waals surface area contributed by atoms with Crippen molar-refractivity contribution in [3.8, 4) is 0 Å². The Morgan fingerprint density at radius 1 is 1.11 bits per heavy atom. The van der Waals surface area contributed by atoms with E-state index in [1.807, 2.05) is 30.3 Å². The van der Waals surface area contributed by atoms with Gasteiger partial charge in [-0.05, 0) is 56.4 Å². The predicted molar refractivity (Wildman–Crippen MR) is 108 cm³/mol. The van der Waals surface area contributed by atoms with Gasteiger partial charge in [0, 0.05) is 24.7 Å². The van der Waals surface area contributed by atoms with Crippen LogP contribution in [0.25, 0.3) is 0 Å². The number of piperidine rings is 1. The molecule has 4 rings (SSSR count). The van der Waals surface area contributed by atoms with E-state index in [4.69, 9.17) is 0 Å². The number of hydrogen-bond donors (Lipinski definition) is 2. The lowest BCUT2D eigenvalue weighted by Crippen LogP contribution is -2.57. The van der Waals surface area contributed by atoms with Crippen LogP contribution in [-0.2, 0) is 11.2 Å². The summed E-state index contributed by atoms with van der Waals surface area (Å²) >= 11 is 0. The molecule has 1 aliphatic carbocycles. The first-order valence-corrected chi connectivity index (χ1v) is 10.1. The summed E-state index contributed by atoms with van der Waals surface area (Å²) in [5.41, 5.74) is 0.268. The van der Waals surface area contributed by atoms with Crippen molar-refractivity contribution in [1.82, 2.24) is 4.98 Å². The normalized spacial score (nSPS) is 28.7. The molecule has 2 N–H and O–H groups in total. The standard InChI is InChI=1S/C23H30N2O2/c1-22(2,26)18-12-14-24-21(16-18)25-15-13-23(27,17-8-4-3-5-9-17)19-10-6-7-11-20(19)25/h3-5,8-9,12,14,16,19-20,26-27H,6-7,10-11,13,15H2,1-2H3/t19-,20+,23?/m0/s1. The largest absolute Gasteiger partial charge is 0.386 e. The molecule has 0 bridgehead atoms. The number of rotatable bonds is 3. The van der Waals surface area contributed by atoms with Crippen LogP contribution in [0.1, 0.15) is 57.1 Å². The number of aromatic nitrogens is 1. The van der Waals surface area contributed by atoms with Crippen molar-refractivity contribution in [2.75, 3.05) is 11.4 Å². The predicted octanol–water partition coefficient (Wildman–Crippen LogP) is 3.97. The molecule has 1 saturated carbocycles. The fourth-order valence-electron chi connectivity index (χ4n) is 5.01. The van der Waals surface area contributed by atoms with E-state index in [0.29, 0.717) is 6.42 Å². The number of pyridine rings is 1. The fourth-order valence-corrected chi connectivity index (χ4v) is 5.01. The number of hydrogen-bond acceptors (Lipinski definition) is 4. The molecule has 2 aromatic rings. The topological polar surface area (TPSA) is 56.6 Å². The molecule has 1 aromatic carbocycles. The Kier molecular flexibility index (Phi) is 4.73. The molecule has 3 atom stereocenters. The quantitative estimate of drug-likeness (QED) is 0.863. The van der Waals surface area contributed by atoms with E-state index in [0.717, 1.165) is 36.3 Å². The van der Waals surface area contributed by atoms with Crippen molar-refractivity contribution < 1.29 is 10.2 Å². The van der Waals surface area contributed by atoms with Crippen LogP contribution >= 0.6 is 0 Å². The number of nitrogens with zero attached hydrogens (tertiary/aromatic N) is 2. The molecule has 144 valence electrons. The lowest BCUT2D eigenvalue weighted by Gasteiger charge is -2.53. The molecular formula is C23H30N2O2. The highest BCUT2D eigenvalue weighted by Gasteiger charge is 2.49. The molecule has 1 aromatic heterocycles. The third-order valence-corrected chi connectivity index (χ3v) is 6.50. The maximum Gasteiger partial charge on any atom is 0.129 e. The second kappa shape index (κ2) is 6.92. The summed E-state index contributed by atoms with van der Waals surface area (Å²) in [4.78, 5) is 6.99. The summed E-state index contributed by atoms with van der Waals surface area (Å²) < 4.78 is 0. The Labute approximate surface area is 161 Å². The van der Waals surface area contributed by atoms with Crippen LogP contribution in [0, 0.1) is 5.92 Å². The van der Waals surface area contributed by atoms with Crippen molar-refractivity contribution in [3.05, 3.63) is 59.8 Å². The molecular weight excluding hydrogens is 336 g/mol. The van der Waals surface area contributed by atoms with Gasteiger partial charge in [-0.1, -0.05) is 43.2 Å². The average Bonchev–Trinajstić information content (AvgIpc) is 2.69. The minimum absolute atomic E-state index is 0.204. The molecule has 2 heterocycles. The molecule has 4 heteroatoms. The highest BCUT2D eigenvalue weighted by molar-refractivity contribution is 5.46. The van der Waals surface area contributed by atoms with Crippen LogP contribution in [0.4, 0.5) is 5.82 Å². The minimum atomic E-state index is -0.885. The molecule has 2 fully saturated rings. The van der Waals surface area contributed by atoms with E-state index in [1.54, 1.807) is 20.0 Å². The zero-order valence-electron chi connectivity index (χ0n) is 16.3. The van der Waals surface area contributed by atoms with Gasteiger partial charge in [-0.2, -0.15) is 0 Å². The van der Waals surface area contributed by atoms with E-state index in [1.165, 1.54) is 12.8 Å². The first-order valence-electron chi connectivity index (χ1n) is 10.1. The zero-order valence-corrected chi connectivity index (χ0v) is 16.3. The van der Waals surface area contributed by atoms with E-state index < -0.39 is 11.2 Å². The lowest BCUT2D eigenvalue weighted by atomic mass is 9.66. The van der Waals surface area contributed by atoms with Crippen molar-refractivity contribution >= 4 is 5.82 Å². The Morgan fingerprint density at radius 2 is 1.85 bits per heavy atom. The molecule has 1 saturated heterocycles. The summed E-state index contributed by atoms with van der Waals surface area (Å²) in [7, 11) is 0. The van der Waals surface area contributed by atoms with Gasteiger partial charge in [-0.25, -0.2) is 4.98 Å². The molecule has 0 radical (unpaired) electrons. The summed E-state index contributed by atoms with van der Waals surface area (Å²) in [6.45, 7) is 4.38. The van der Waals surface area contributed by atoms with Crippen LogP contribution in [0.5, 0.6) is 0 Å². The Bertz CT molecular complexity index is 786.